The van der Waals surface area contributed by atoms with Gasteiger partial charge in [-0.05, 0) is 6.42 Å². The molecule has 1 rings (SSSR count). The van der Waals surface area contributed by atoms with E-state index in [0.29, 0.717) is 13.0 Å². The SMILES string of the molecule is CO[C@H]1CCN(C(=O)CO)C[C@H]1F. The molecule has 2 atom stereocenters. The van der Waals surface area contributed by atoms with Crippen LogP contribution >= 0.6 is 0 Å². The maximum Gasteiger partial charge on any atom is 0.248 e. The van der Waals surface area contributed by atoms with E-state index < -0.39 is 24.8 Å². The number of nitrogens with zero attached hydrogens (tertiary/aromatic N) is 1. The quantitative estimate of drug-likeness (QED) is 0.644. The van der Waals surface area contributed by atoms with E-state index in [1.807, 2.05) is 0 Å². The summed E-state index contributed by atoms with van der Waals surface area (Å²) in [5.41, 5.74) is 0. The Morgan fingerprint density at radius 3 is 2.92 bits per heavy atom. The molecule has 0 aromatic heterocycles. The first-order chi connectivity index (χ1) is 6.19. The van der Waals surface area contributed by atoms with Crippen molar-refractivity contribution in [2.75, 3.05) is 26.8 Å². The van der Waals surface area contributed by atoms with Crippen LogP contribution in [-0.4, -0.2) is 55.0 Å². The topological polar surface area (TPSA) is 49.8 Å². The predicted octanol–water partition coefficient (Wildman–Crippen LogP) is -0.436. The van der Waals surface area contributed by atoms with Crippen LogP contribution in [0.2, 0.25) is 0 Å². The van der Waals surface area contributed by atoms with Crippen molar-refractivity contribution in [1.29, 1.82) is 0 Å². The Balaban J connectivity index is 2.45. The number of hydrogen-bond acceptors (Lipinski definition) is 3. The number of piperidine rings is 1. The zero-order valence-corrected chi connectivity index (χ0v) is 7.57. The third-order valence-corrected chi connectivity index (χ3v) is 2.27. The number of hydrogen-bond donors (Lipinski definition) is 1. The minimum absolute atomic E-state index is 0.0257. The maximum atomic E-state index is 13.2. The Morgan fingerprint density at radius 1 is 1.77 bits per heavy atom. The van der Waals surface area contributed by atoms with E-state index >= 15 is 0 Å². The van der Waals surface area contributed by atoms with Crippen LogP contribution in [0.25, 0.3) is 0 Å². The van der Waals surface area contributed by atoms with E-state index in [1.165, 1.54) is 12.0 Å². The molecule has 0 bridgehead atoms. The zero-order valence-electron chi connectivity index (χ0n) is 7.57. The maximum absolute atomic E-state index is 13.2. The lowest BCUT2D eigenvalue weighted by Crippen LogP contribution is -2.48. The van der Waals surface area contributed by atoms with Crippen molar-refractivity contribution >= 4 is 5.91 Å². The van der Waals surface area contributed by atoms with Crippen LogP contribution < -0.4 is 0 Å². The van der Waals surface area contributed by atoms with Crippen molar-refractivity contribution in [3.8, 4) is 0 Å². The lowest BCUT2D eigenvalue weighted by atomic mass is 10.1. The number of aliphatic hydroxyl groups excluding tert-OH is 1. The van der Waals surface area contributed by atoms with Gasteiger partial charge in [-0.25, -0.2) is 4.39 Å². The van der Waals surface area contributed by atoms with Crippen molar-refractivity contribution in [2.24, 2.45) is 0 Å². The number of likely N-dealkylation sites (tertiary alicyclic amines) is 1. The van der Waals surface area contributed by atoms with Crippen LogP contribution in [0, 0.1) is 0 Å². The fourth-order valence-electron chi connectivity index (χ4n) is 1.48. The summed E-state index contributed by atoms with van der Waals surface area (Å²) < 4.78 is 18.1. The van der Waals surface area contributed by atoms with Crippen molar-refractivity contribution < 1.29 is 19.0 Å². The number of carbonyl (C=O) groups excluding carboxylic acids is 1. The summed E-state index contributed by atoms with van der Waals surface area (Å²) in [7, 11) is 1.46. The predicted molar refractivity (Wildman–Crippen MR) is 44.0 cm³/mol. The molecule has 0 aliphatic carbocycles. The zero-order chi connectivity index (χ0) is 9.84. The van der Waals surface area contributed by atoms with E-state index in [-0.39, 0.29) is 6.54 Å². The van der Waals surface area contributed by atoms with Crippen LogP contribution in [0.5, 0.6) is 0 Å². The summed E-state index contributed by atoms with van der Waals surface area (Å²) in [5, 5.41) is 8.55. The molecular weight excluding hydrogens is 177 g/mol. The summed E-state index contributed by atoms with van der Waals surface area (Å²) in [5.74, 6) is -0.419. The molecule has 0 aromatic carbocycles. The molecule has 0 saturated carbocycles. The Hall–Kier alpha value is -0.680. The highest BCUT2D eigenvalue weighted by molar-refractivity contribution is 5.77. The van der Waals surface area contributed by atoms with Crippen molar-refractivity contribution in [1.82, 2.24) is 4.90 Å². The smallest absolute Gasteiger partial charge is 0.248 e. The first-order valence-electron chi connectivity index (χ1n) is 4.24. The Kier molecular flexibility index (Phi) is 3.62. The standard InChI is InChI=1S/C8H14FNO3/c1-13-7-2-3-10(4-6(7)9)8(12)5-11/h6-7,11H,2-5H2,1H3/t6-,7+/m1/s1. The normalized spacial score (nSPS) is 29.0. The highest BCUT2D eigenvalue weighted by Crippen LogP contribution is 2.16. The molecule has 5 heteroatoms. The molecule has 0 radical (unpaired) electrons. The molecule has 0 spiro atoms. The molecule has 1 aliphatic rings. The van der Waals surface area contributed by atoms with Crippen molar-refractivity contribution in [3.05, 3.63) is 0 Å². The first kappa shape index (κ1) is 10.4. The van der Waals surface area contributed by atoms with Gasteiger partial charge in [0, 0.05) is 13.7 Å². The van der Waals surface area contributed by atoms with E-state index in [0.717, 1.165) is 0 Å². The molecule has 1 saturated heterocycles. The fraction of sp³-hybridized carbons (Fsp3) is 0.875. The molecule has 1 aliphatic heterocycles. The van der Waals surface area contributed by atoms with Crippen LogP contribution in [0.1, 0.15) is 6.42 Å². The lowest BCUT2D eigenvalue weighted by molar-refractivity contribution is -0.139. The van der Waals surface area contributed by atoms with Crippen LogP contribution in [0.4, 0.5) is 4.39 Å². The van der Waals surface area contributed by atoms with Crippen molar-refractivity contribution in [2.45, 2.75) is 18.7 Å². The van der Waals surface area contributed by atoms with Gasteiger partial charge in [-0.15, -0.1) is 0 Å². The van der Waals surface area contributed by atoms with Crippen LogP contribution in [0.3, 0.4) is 0 Å². The molecule has 1 fully saturated rings. The molecule has 0 aromatic rings. The second kappa shape index (κ2) is 4.53. The van der Waals surface area contributed by atoms with Gasteiger partial charge in [0.2, 0.25) is 5.91 Å². The summed E-state index contributed by atoms with van der Waals surface area (Å²) in [6, 6.07) is 0. The molecule has 4 nitrogen and oxygen atoms in total. The van der Waals surface area contributed by atoms with Crippen LogP contribution in [-0.2, 0) is 9.53 Å². The average molecular weight is 191 g/mol. The highest BCUT2D eigenvalue weighted by Gasteiger charge is 2.30. The van der Waals surface area contributed by atoms with Gasteiger partial charge >= 0.3 is 0 Å². The highest BCUT2D eigenvalue weighted by atomic mass is 19.1. The summed E-state index contributed by atoms with van der Waals surface area (Å²) >= 11 is 0. The van der Waals surface area contributed by atoms with E-state index in [2.05, 4.69) is 0 Å². The second-order valence-corrected chi connectivity index (χ2v) is 3.08. The Labute approximate surface area is 76.3 Å². The summed E-state index contributed by atoms with van der Waals surface area (Å²) in [4.78, 5) is 12.3. The summed E-state index contributed by atoms with van der Waals surface area (Å²) in [6.45, 7) is -0.0689. The molecule has 1 amide bonds. The van der Waals surface area contributed by atoms with E-state index in [9.17, 15) is 9.18 Å². The molecule has 1 heterocycles. The van der Waals surface area contributed by atoms with Crippen molar-refractivity contribution in [3.63, 3.8) is 0 Å². The first-order valence-corrected chi connectivity index (χ1v) is 4.24. The third-order valence-electron chi connectivity index (χ3n) is 2.27. The van der Waals surface area contributed by atoms with Gasteiger partial charge in [-0.2, -0.15) is 0 Å². The minimum atomic E-state index is -1.14. The van der Waals surface area contributed by atoms with Gasteiger partial charge in [0.05, 0.1) is 12.6 Å². The number of halogens is 1. The lowest BCUT2D eigenvalue weighted by Gasteiger charge is -2.33. The number of amides is 1. The minimum Gasteiger partial charge on any atom is -0.387 e. The van der Waals surface area contributed by atoms with Gasteiger partial charge in [0.15, 0.2) is 0 Å². The molecule has 0 unspecified atom stereocenters. The number of carbonyl (C=O) groups is 1. The molecule has 13 heavy (non-hydrogen) atoms. The largest absolute Gasteiger partial charge is 0.387 e. The van der Waals surface area contributed by atoms with E-state index in [4.69, 9.17) is 9.84 Å². The molecule has 1 N–H and O–H groups in total. The fourth-order valence-corrected chi connectivity index (χ4v) is 1.48. The summed E-state index contributed by atoms with van der Waals surface area (Å²) in [6.07, 6.45) is -1.07. The molecular formula is C8H14FNO3. The van der Waals surface area contributed by atoms with Gasteiger partial charge in [-0.3, -0.25) is 4.79 Å². The van der Waals surface area contributed by atoms with Crippen LogP contribution in [0.15, 0.2) is 0 Å². The Bertz CT molecular complexity index is 188. The number of methoxy groups -OCH3 is 1. The van der Waals surface area contributed by atoms with Gasteiger partial charge in [-0.1, -0.05) is 0 Å². The molecule has 76 valence electrons. The number of ether oxygens (including phenoxy) is 1. The van der Waals surface area contributed by atoms with Gasteiger partial charge in [0.1, 0.15) is 12.8 Å². The van der Waals surface area contributed by atoms with Gasteiger partial charge in [0.25, 0.3) is 0 Å². The average Bonchev–Trinajstić information content (AvgIpc) is 2.16. The number of rotatable bonds is 2. The number of aliphatic hydroxyl groups is 1. The third kappa shape index (κ3) is 2.38. The second-order valence-electron chi connectivity index (χ2n) is 3.08. The number of alkyl halides is 1. The monoisotopic (exact) mass is 191 g/mol. The van der Waals surface area contributed by atoms with E-state index in [1.54, 1.807) is 0 Å². The Morgan fingerprint density at radius 2 is 2.46 bits per heavy atom. The van der Waals surface area contributed by atoms with Gasteiger partial charge < -0.3 is 14.7 Å².